The maximum Gasteiger partial charge on any atom is 0.0928 e. The van der Waals surface area contributed by atoms with Gasteiger partial charge < -0.3 is 0 Å². The van der Waals surface area contributed by atoms with Crippen LogP contribution in [0.4, 0.5) is 11.4 Å². The van der Waals surface area contributed by atoms with Crippen LogP contribution in [0.25, 0.3) is 6.08 Å². The van der Waals surface area contributed by atoms with Gasteiger partial charge in [-0.1, -0.05) is 24.3 Å². The summed E-state index contributed by atoms with van der Waals surface area (Å²) in [6, 6.07) is 3.83. The number of benzene rings is 1. The second-order valence-corrected chi connectivity index (χ2v) is 4.36. The Morgan fingerprint density at radius 3 is 2.29 bits per heavy atom. The highest BCUT2D eigenvalue weighted by atomic mass is 15.1. The van der Waals surface area contributed by atoms with E-state index in [-0.39, 0.29) is 0 Å². The van der Waals surface area contributed by atoms with Gasteiger partial charge in [0, 0.05) is 12.6 Å². The molecule has 0 aromatic heterocycles. The molecule has 4 nitrogen and oxygen atoms in total. The molecule has 0 atom stereocenters. The van der Waals surface area contributed by atoms with E-state index in [0.29, 0.717) is 0 Å². The maximum atomic E-state index is 4.34. The highest BCUT2D eigenvalue weighted by molar-refractivity contribution is 5.72. The largest absolute Gasteiger partial charge is 0.192 e. The molecule has 4 heteroatoms. The molecular weight excluding hydrogens is 260 g/mol. The Morgan fingerprint density at radius 1 is 1.00 bits per heavy atom. The minimum absolute atomic E-state index is 0.835. The second kappa shape index (κ2) is 8.74. The van der Waals surface area contributed by atoms with E-state index in [1.807, 2.05) is 70.2 Å². The van der Waals surface area contributed by atoms with Crippen LogP contribution in [0, 0.1) is 6.92 Å². The molecule has 0 saturated carbocycles. The molecule has 1 aromatic carbocycles. The average molecular weight is 282 g/mol. The minimum atomic E-state index is 0.835. The van der Waals surface area contributed by atoms with E-state index in [0.717, 1.165) is 28.2 Å². The lowest BCUT2D eigenvalue weighted by Crippen LogP contribution is -1.83. The van der Waals surface area contributed by atoms with E-state index in [1.54, 1.807) is 7.05 Å². The van der Waals surface area contributed by atoms with Crippen LogP contribution in [0.15, 0.2) is 62.6 Å². The van der Waals surface area contributed by atoms with Crippen molar-refractivity contribution in [2.24, 2.45) is 20.5 Å². The molecule has 1 aromatic rings. The molecular formula is C17H22N4. The topological polar surface area (TPSA) is 49.4 Å². The first kappa shape index (κ1) is 16.7. The minimum Gasteiger partial charge on any atom is -0.192 e. The Hall–Kier alpha value is -2.36. The predicted octanol–water partition coefficient (Wildman–Crippen LogP) is 6.31. The fourth-order valence-corrected chi connectivity index (χ4v) is 1.85. The molecule has 0 saturated heterocycles. The van der Waals surface area contributed by atoms with Crippen molar-refractivity contribution in [3.63, 3.8) is 0 Å². The Labute approximate surface area is 126 Å². The summed E-state index contributed by atoms with van der Waals surface area (Å²) < 4.78 is 0. The first-order valence-electron chi connectivity index (χ1n) is 6.94. The summed E-state index contributed by atoms with van der Waals surface area (Å²) in [6.45, 7) is 7.89. The Kier molecular flexibility index (Phi) is 6.95. The molecule has 0 unspecified atom stereocenters. The zero-order chi connectivity index (χ0) is 15.7. The SMILES string of the molecule is C/C=C\C(=C/C)N=Nc1ccc(N=NC)c(/C=C\C)c1C. The number of hydrogen-bond donors (Lipinski definition) is 0. The zero-order valence-electron chi connectivity index (χ0n) is 13.3. The van der Waals surface area contributed by atoms with Gasteiger partial charge in [0.1, 0.15) is 0 Å². The van der Waals surface area contributed by atoms with Gasteiger partial charge in [-0.2, -0.15) is 20.5 Å². The van der Waals surface area contributed by atoms with Gasteiger partial charge in [0.2, 0.25) is 0 Å². The molecule has 21 heavy (non-hydrogen) atoms. The number of azo groups is 2. The van der Waals surface area contributed by atoms with Crippen molar-refractivity contribution in [1.29, 1.82) is 0 Å². The lowest BCUT2D eigenvalue weighted by atomic mass is 10.0. The van der Waals surface area contributed by atoms with Crippen LogP contribution < -0.4 is 0 Å². The standard InChI is InChI=1S/C17H22N4/c1-6-9-14(8-3)19-21-16-11-12-17(20-18-5)15(10-7-2)13(16)4/h6-12H,1-5H3/b9-6-,10-7-,14-8+,20-18?,21-19?. The zero-order valence-corrected chi connectivity index (χ0v) is 13.3. The molecule has 0 amide bonds. The van der Waals surface area contributed by atoms with Gasteiger partial charge in [-0.3, -0.25) is 0 Å². The first-order chi connectivity index (χ1) is 10.2. The fraction of sp³-hybridized carbons (Fsp3) is 0.294. The van der Waals surface area contributed by atoms with Gasteiger partial charge >= 0.3 is 0 Å². The number of rotatable bonds is 5. The summed E-state index contributed by atoms with van der Waals surface area (Å²) in [7, 11) is 1.66. The molecule has 0 aliphatic heterocycles. The van der Waals surface area contributed by atoms with Gasteiger partial charge in [-0.25, -0.2) is 0 Å². The van der Waals surface area contributed by atoms with Gasteiger partial charge in [-0.05, 0) is 51.5 Å². The summed E-state index contributed by atoms with van der Waals surface area (Å²) >= 11 is 0. The number of nitrogens with zero attached hydrogens (tertiary/aromatic N) is 4. The summed E-state index contributed by atoms with van der Waals surface area (Å²) in [6.07, 6.45) is 9.78. The van der Waals surface area contributed by atoms with Crippen molar-refractivity contribution < 1.29 is 0 Å². The Morgan fingerprint density at radius 2 is 1.71 bits per heavy atom. The molecule has 0 heterocycles. The average Bonchev–Trinajstić information content (AvgIpc) is 2.49. The molecule has 0 radical (unpaired) electrons. The summed E-state index contributed by atoms with van der Waals surface area (Å²) in [5.41, 5.74) is 4.57. The Balaban J connectivity index is 3.27. The smallest absolute Gasteiger partial charge is 0.0928 e. The second-order valence-electron chi connectivity index (χ2n) is 4.36. The summed E-state index contributed by atoms with van der Waals surface area (Å²) in [5.74, 6) is 0. The van der Waals surface area contributed by atoms with Crippen LogP contribution in [0.2, 0.25) is 0 Å². The highest BCUT2D eigenvalue weighted by Gasteiger charge is 2.07. The Bertz CT molecular complexity index is 620. The third kappa shape index (κ3) is 4.60. The molecule has 1 rings (SSSR count). The van der Waals surface area contributed by atoms with Gasteiger partial charge in [0.25, 0.3) is 0 Å². The van der Waals surface area contributed by atoms with Gasteiger partial charge in [-0.15, -0.1) is 0 Å². The van der Waals surface area contributed by atoms with Crippen LogP contribution in [-0.2, 0) is 0 Å². The predicted molar refractivity (Wildman–Crippen MR) is 89.4 cm³/mol. The molecule has 0 N–H and O–H groups in total. The van der Waals surface area contributed by atoms with Gasteiger partial charge in [0.15, 0.2) is 0 Å². The van der Waals surface area contributed by atoms with Gasteiger partial charge in [0.05, 0.1) is 17.1 Å². The van der Waals surface area contributed by atoms with E-state index >= 15 is 0 Å². The maximum absolute atomic E-state index is 4.34. The monoisotopic (exact) mass is 282 g/mol. The first-order valence-corrected chi connectivity index (χ1v) is 6.94. The lowest BCUT2D eigenvalue weighted by molar-refractivity contribution is 1.13. The normalized spacial score (nSPS) is 13.5. The van der Waals surface area contributed by atoms with E-state index in [2.05, 4.69) is 20.5 Å². The quantitative estimate of drug-likeness (QED) is 0.449. The van der Waals surface area contributed by atoms with Crippen molar-refractivity contribution >= 4 is 17.5 Å². The summed E-state index contributed by atoms with van der Waals surface area (Å²) in [5, 5.41) is 16.6. The van der Waals surface area contributed by atoms with Crippen LogP contribution in [0.1, 0.15) is 31.9 Å². The van der Waals surface area contributed by atoms with E-state index in [4.69, 9.17) is 0 Å². The van der Waals surface area contributed by atoms with Crippen molar-refractivity contribution in [3.8, 4) is 0 Å². The van der Waals surface area contributed by atoms with Crippen LogP contribution in [-0.4, -0.2) is 7.05 Å². The summed E-state index contributed by atoms with van der Waals surface area (Å²) in [4.78, 5) is 0. The van der Waals surface area contributed by atoms with Crippen molar-refractivity contribution in [2.45, 2.75) is 27.7 Å². The third-order valence-corrected chi connectivity index (χ3v) is 2.91. The van der Waals surface area contributed by atoms with E-state index < -0.39 is 0 Å². The molecule has 0 aliphatic rings. The molecule has 0 aliphatic carbocycles. The van der Waals surface area contributed by atoms with Crippen molar-refractivity contribution in [3.05, 3.63) is 53.3 Å². The highest BCUT2D eigenvalue weighted by Crippen LogP contribution is 2.32. The molecule has 0 bridgehead atoms. The van der Waals surface area contributed by atoms with E-state index in [9.17, 15) is 0 Å². The molecule has 110 valence electrons. The third-order valence-electron chi connectivity index (χ3n) is 2.91. The van der Waals surface area contributed by atoms with E-state index in [1.165, 1.54) is 0 Å². The van der Waals surface area contributed by atoms with Crippen molar-refractivity contribution in [2.75, 3.05) is 7.05 Å². The van der Waals surface area contributed by atoms with Crippen LogP contribution in [0.3, 0.4) is 0 Å². The molecule has 0 spiro atoms. The van der Waals surface area contributed by atoms with Crippen molar-refractivity contribution in [1.82, 2.24) is 0 Å². The number of allylic oxidation sites excluding steroid dienone is 4. The van der Waals surface area contributed by atoms with Crippen LogP contribution >= 0.6 is 0 Å². The lowest BCUT2D eigenvalue weighted by Gasteiger charge is -2.07. The molecule has 0 fully saturated rings. The fourth-order valence-electron chi connectivity index (χ4n) is 1.85. The number of hydrogen-bond acceptors (Lipinski definition) is 4. The van der Waals surface area contributed by atoms with Crippen LogP contribution in [0.5, 0.6) is 0 Å².